The summed E-state index contributed by atoms with van der Waals surface area (Å²) in [7, 11) is 0. The van der Waals surface area contributed by atoms with Gasteiger partial charge in [-0.15, -0.1) is 5.10 Å². The molecule has 8 nitrogen and oxygen atoms in total. The van der Waals surface area contributed by atoms with E-state index in [0.717, 1.165) is 29.8 Å². The Morgan fingerprint density at radius 3 is 2.63 bits per heavy atom. The van der Waals surface area contributed by atoms with Gasteiger partial charge in [-0.25, -0.2) is 23.4 Å². The van der Waals surface area contributed by atoms with Crippen LogP contribution in [-0.4, -0.2) is 35.9 Å². The third-order valence-corrected chi connectivity index (χ3v) is 7.73. The summed E-state index contributed by atoms with van der Waals surface area (Å²) in [6, 6.07) is 8.89. The normalized spacial score (nSPS) is 21.8. The fourth-order valence-electron chi connectivity index (χ4n) is 6.02. The predicted molar refractivity (Wildman–Crippen MR) is 122 cm³/mol. The predicted octanol–water partition coefficient (Wildman–Crippen LogP) is 3.70. The third-order valence-electron chi connectivity index (χ3n) is 7.73. The third kappa shape index (κ3) is 2.82. The van der Waals surface area contributed by atoms with Crippen LogP contribution < -0.4 is 5.73 Å². The number of fused-ring (bicyclic) bond motifs is 5. The topological polar surface area (TPSA) is 112 Å². The summed E-state index contributed by atoms with van der Waals surface area (Å²) in [5.41, 5.74) is 7.04. The van der Waals surface area contributed by atoms with Gasteiger partial charge in [-0.2, -0.15) is 10.2 Å². The van der Waals surface area contributed by atoms with Crippen molar-refractivity contribution in [1.82, 2.24) is 29.9 Å². The van der Waals surface area contributed by atoms with E-state index >= 15 is 0 Å². The molecule has 1 fully saturated rings. The van der Waals surface area contributed by atoms with Crippen molar-refractivity contribution in [2.75, 3.05) is 0 Å². The molecule has 0 aliphatic heterocycles. The summed E-state index contributed by atoms with van der Waals surface area (Å²) in [6.45, 7) is 4.33. The minimum absolute atomic E-state index is 0.114. The van der Waals surface area contributed by atoms with Crippen LogP contribution in [0.4, 0.5) is 8.78 Å². The summed E-state index contributed by atoms with van der Waals surface area (Å²) in [5, 5.41) is 13.0. The number of hydrogen-bond donors (Lipinski definition) is 1. The van der Waals surface area contributed by atoms with Crippen LogP contribution in [0.1, 0.15) is 60.0 Å². The number of amides is 1. The highest BCUT2D eigenvalue weighted by atomic mass is 19.1. The molecule has 176 valence electrons. The molecule has 0 spiro atoms. The minimum Gasteiger partial charge on any atom is -0.364 e. The minimum atomic E-state index is -0.675. The van der Waals surface area contributed by atoms with E-state index < -0.39 is 23.0 Å². The summed E-state index contributed by atoms with van der Waals surface area (Å²) < 4.78 is 30.3. The quantitative estimate of drug-likeness (QED) is 0.484. The maximum absolute atomic E-state index is 14.5. The maximum atomic E-state index is 14.5. The van der Waals surface area contributed by atoms with E-state index in [9.17, 15) is 13.6 Å². The van der Waals surface area contributed by atoms with Gasteiger partial charge < -0.3 is 5.73 Å². The Hall–Kier alpha value is -4.08. The van der Waals surface area contributed by atoms with Crippen LogP contribution in [0.2, 0.25) is 0 Å². The van der Waals surface area contributed by atoms with Crippen LogP contribution in [0, 0.1) is 17.0 Å². The molecule has 0 saturated heterocycles. The van der Waals surface area contributed by atoms with Crippen molar-refractivity contribution in [1.29, 1.82) is 0 Å². The van der Waals surface area contributed by atoms with Gasteiger partial charge in [-0.1, -0.05) is 19.9 Å². The molecule has 2 atom stereocenters. The van der Waals surface area contributed by atoms with E-state index in [0.29, 0.717) is 5.95 Å². The Kier molecular flexibility index (Phi) is 4.42. The standard InChI is InChI=1S/C25H21F2N7O/c1-24(2)14-6-9-25(24,19-7-10-29-23(30-19)34-11-8-17(33-34)22(28)35)21-13(14)12-18(31-32-21)20-15(26)4-3-5-16(20)27/h3-5,7-8,10-12,14H,6,9H2,1-2H3,(H2,28,35)/t14-,25+/m0/s1. The maximum Gasteiger partial charge on any atom is 0.269 e. The van der Waals surface area contributed by atoms with Gasteiger partial charge in [0.25, 0.3) is 11.9 Å². The lowest BCUT2D eigenvalue weighted by Crippen LogP contribution is -2.38. The van der Waals surface area contributed by atoms with E-state index in [4.69, 9.17) is 10.7 Å². The molecule has 35 heavy (non-hydrogen) atoms. The van der Waals surface area contributed by atoms with E-state index in [2.05, 4.69) is 34.1 Å². The Morgan fingerprint density at radius 1 is 1.14 bits per heavy atom. The van der Waals surface area contributed by atoms with E-state index in [1.54, 1.807) is 18.5 Å². The van der Waals surface area contributed by atoms with Crippen LogP contribution in [0.3, 0.4) is 0 Å². The summed E-state index contributed by atoms with van der Waals surface area (Å²) >= 11 is 0. The Bertz CT molecular complexity index is 1500. The van der Waals surface area contributed by atoms with E-state index in [-0.39, 0.29) is 28.3 Å². The first-order valence-corrected chi connectivity index (χ1v) is 11.3. The molecule has 2 aliphatic carbocycles. The van der Waals surface area contributed by atoms with Gasteiger partial charge in [0.1, 0.15) is 17.3 Å². The zero-order valence-corrected chi connectivity index (χ0v) is 19.0. The van der Waals surface area contributed by atoms with Gasteiger partial charge in [0, 0.05) is 12.4 Å². The SMILES string of the molecule is CC1(C)[C@H]2CC[C@@]1(c1ccnc(-n3ccc(C(N)=O)n3)n1)c1nnc(-c3c(F)cccc3F)cc12. The number of hydrogen-bond acceptors (Lipinski definition) is 6. The molecule has 10 heteroatoms. The highest BCUT2D eigenvalue weighted by Crippen LogP contribution is 2.69. The van der Waals surface area contributed by atoms with Gasteiger partial charge in [-0.3, -0.25) is 4.79 Å². The molecule has 3 aromatic heterocycles. The number of halogens is 2. The second-order valence-electron chi connectivity index (χ2n) is 9.60. The van der Waals surface area contributed by atoms with Crippen molar-refractivity contribution in [2.24, 2.45) is 11.1 Å². The fourth-order valence-corrected chi connectivity index (χ4v) is 6.02. The average molecular weight is 473 g/mol. The smallest absolute Gasteiger partial charge is 0.269 e. The van der Waals surface area contributed by atoms with Crippen molar-refractivity contribution < 1.29 is 13.6 Å². The molecule has 0 unspecified atom stereocenters. The van der Waals surface area contributed by atoms with Crippen LogP contribution in [-0.2, 0) is 5.41 Å². The molecule has 3 heterocycles. The monoisotopic (exact) mass is 473 g/mol. The Balaban J connectivity index is 1.50. The van der Waals surface area contributed by atoms with Gasteiger partial charge >= 0.3 is 0 Å². The molecule has 0 radical (unpaired) electrons. The second-order valence-corrected chi connectivity index (χ2v) is 9.60. The van der Waals surface area contributed by atoms with Crippen molar-refractivity contribution >= 4 is 5.91 Å². The van der Waals surface area contributed by atoms with Crippen LogP contribution >= 0.6 is 0 Å². The van der Waals surface area contributed by atoms with Crippen molar-refractivity contribution in [3.05, 3.63) is 83.1 Å². The van der Waals surface area contributed by atoms with Crippen LogP contribution in [0.5, 0.6) is 0 Å². The lowest BCUT2D eigenvalue weighted by atomic mass is 9.66. The highest BCUT2D eigenvalue weighted by molar-refractivity contribution is 5.90. The van der Waals surface area contributed by atoms with E-state index in [1.165, 1.54) is 28.9 Å². The second kappa shape index (κ2) is 7.21. The molecule has 1 amide bonds. The van der Waals surface area contributed by atoms with Crippen LogP contribution in [0.15, 0.2) is 48.8 Å². The van der Waals surface area contributed by atoms with Crippen molar-refractivity contribution in [3.8, 4) is 17.2 Å². The Morgan fingerprint density at radius 2 is 1.91 bits per heavy atom. The number of benzene rings is 1. The fraction of sp³-hybridized carbons (Fsp3) is 0.280. The van der Waals surface area contributed by atoms with Gasteiger partial charge in [0.15, 0.2) is 0 Å². The lowest BCUT2D eigenvalue weighted by Gasteiger charge is -2.37. The van der Waals surface area contributed by atoms with Crippen LogP contribution in [0.25, 0.3) is 17.2 Å². The molecule has 6 rings (SSSR count). The number of carbonyl (C=O) groups is 1. The molecule has 2 aliphatic rings. The highest BCUT2D eigenvalue weighted by Gasteiger charge is 2.65. The molecule has 1 aromatic carbocycles. The van der Waals surface area contributed by atoms with Gasteiger partial charge in [-0.05, 0) is 60.1 Å². The molecule has 1 saturated carbocycles. The van der Waals surface area contributed by atoms with Gasteiger partial charge in [0.05, 0.1) is 28.1 Å². The summed E-state index contributed by atoms with van der Waals surface area (Å²) in [5.74, 6) is -1.57. The molecule has 2 bridgehead atoms. The number of nitrogens with two attached hydrogens (primary N) is 1. The average Bonchev–Trinajstić information content (AvgIpc) is 3.48. The summed E-state index contributed by atoms with van der Waals surface area (Å²) in [4.78, 5) is 20.6. The van der Waals surface area contributed by atoms with Crippen molar-refractivity contribution in [3.63, 3.8) is 0 Å². The van der Waals surface area contributed by atoms with Crippen molar-refractivity contribution in [2.45, 2.75) is 38.0 Å². The molecule has 2 N–H and O–H groups in total. The lowest BCUT2D eigenvalue weighted by molar-refractivity contribution is 0.0995. The zero-order valence-electron chi connectivity index (χ0n) is 19.0. The molecular weight excluding hydrogens is 452 g/mol. The largest absolute Gasteiger partial charge is 0.364 e. The number of rotatable bonds is 4. The number of primary amides is 1. The van der Waals surface area contributed by atoms with E-state index in [1.807, 2.05) is 6.07 Å². The zero-order chi connectivity index (χ0) is 24.5. The van der Waals surface area contributed by atoms with Gasteiger partial charge in [0.2, 0.25) is 0 Å². The molecular formula is C25H21F2N7O. The number of carbonyl (C=O) groups excluding carboxylic acids is 1. The Labute approximate surface area is 199 Å². The summed E-state index contributed by atoms with van der Waals surface area (Å²) in [6.07, 6.45) is 4.90. The molecule has 4 aromatic rings. The first-order valence-electron chi connectivity index (χ1n) is 11.3. The number of aromatic nitrogens is 6. The first kappa shape index (κ1) is 21.5. The first-order chi connectivity index (χ1) is 16.7. The number of nitrogens with zero attached hydrogens (tertiary/aromatic N) is 6.